The fourth-order valence-electron chi connectivity index (χ4n) is 1.94. The lowest BCUT2D eigenvalue weighted by molar-refractivity contribution is 0.0689. The summed E-state index contributed by atoms with van der Waals surface area (Å²) in [7, 11) is 0. The number of benzene rings is 1. The van der Waals surface area contributed by atoms with Crippen molar-refractivity contribution in [2.24, 2.45) is 0 Å². The molecule has 0 saturated heterocycles. The molecule has 0 aliphatic rings. The van der Waals surface area contributed by atoms with Crippen LogP contribution < -0.4 is 0 Å². The van der Waals surface area contributed by atoms with E-state index in [9.17, 15) is 9.18 Å². The van der Waals surface area contributed by atoms with Crippen molar-refractivity contribution in [3.63, 3.8) is 0 Å². The summed E-state index contributed by atoms with van der Waals surface area (Å²) in [6, 6.07) is 6.28. The largest absolute Gasteiger partial charge is 0.476 e. The summed E-state index contributed by atoms with van der Waals surface area (Å²) in [6.45, 7) is 2.55. The van der Waals surface area contributed by atoms with Gasteiger partial charge in [0.1, 0.15) is 5.82 Å². The van der Waals surface area contributed by atoms with Crippen LogP contribution in [-0.4, -0.2) is 31.8 Å². The molecule has 21 heavy (non-hydrogen) atoms. The quantitative estimate of drug-likeness (QED) is 0.797. The first kappa shape index (κ1) is 15.5. The highest BCUT2D eigenvalue weighted by molar-refractivity contribution is 7.99. The third-order valence-corrected chi connectivity index (χ3v) is 3.90. The number of carbonyl (C=O) groups is 1. The van der Waals surface area contributed by atoms with Gasteiger partial charge in [-0.05, 0) is 30.7 Å². The van der Waals surface area contributed by atoms with E-state index in [4.69, 9.17) is 5.11 Å². The molecule has 1 heterocycles. The van der Waals surface area contributed by atoms with Gasteiger partial charge in [-0.2, -0.15) is 0 Å². The lowest BCUT2D eigenvalue weighted by Crippen LogP contribution is -2.09. The van der Waals surface area contributed by atoms with E-state index in [-0.39, 0.29) is 11.5 Å². The number of hydrogen-bond acceptors (Lipinski definition) is 4. The van der Waals surface area contributed by atoms with Crippen molar-refractivity contribution in [1.29, 1.82) is 0 Å². The van der Waals surface area contributed by atoms with E-state index >= 15 is 0 Å². The molecule has 0 spiro atoms. The van der Waals surface area contributed by atoms with Gasteiger partial charge in [-0.3, -0.25) is 0 Å². The Morgan fingerprint density at radius 1 is 1.38 bits per heavy atom. The van der Waals surface area contributed by atoms with Crippen LogP contribution in [-0.2, 0) is 13.0 Å². The topological polar surface area (TPSA) is 68.0 Å². The number of aromatic carboxylic acids is 1. The van der Waals surface area contributed by atoms with Gasteiger partial charge in [0.15, 0.2) is 5.69 Å². The summed E-state index contributed by atoms with van der Waals surface area (Å²) >= 11 is 1.57. The number of thioether (sulfide) groups is 1. The van der Waals surface area contributed by atoms with E-state index in [1.54, 1.807) is 28.6 Å². The maximum atomic E-state index is 12.8. The Hall–Kier alpha value is -1.89. The minimum absolute atomic E-state index is 0.0311. The van der Waals surface area contributed by atoms with Gasteiger partial charge in [-0.15, -0.1) is 16.9 Å². The van der Waals surface area contributed by atoms with E-state index in [2.05, 4.69) is 10.3 Å². The molecule has 5 nitrogen and oxygen atoms in total. The van der Waals surface area contributed by atoms with Crippen molar-refractivity contribution in [3.05, 3.63) is 41.5 Å². The summed E-state index contributed by atoms with van der Waals surface area (Å²) in [5, 5.41) is 16.7. The van der Waals surface area contributed by atoms with Crippen LogP contribution in [0.1, 0.15) is 29.5 Å². The van der Waals surface area contributed by atoms with Crippen LogP contribution in [0.3, 0.4) is 0 Å². The lowest BCUT2D eigenvalue weighted by atomic mass is 10.2. The molecule has 0 bridgehead atoms. The van der Waals surface area contributed by atoms with Crippen LogP contribution in [0.15, 0.2) is 29.2 Å². The zero-order valence-corrected chi connectivity index (χ0v) is 12.4. The summed E-state index contributed by atoms with van der Waals surface area (Å²) in [6.07, 6.45) is 1.47. The Bertz CT molecular complexity index is 613. The Morgan fingerprint density at radius 3 is 2.71 bits per heavy atom. The Morgan fingerprint density at radius 2 is 2.10 bits per heavy atom. The Labute approximate surface area is 126 Å². The molecule has 2 aromatic rings. The van der Waals surface area contributed by atoms with Gasteiger partial charge in [0.2, 0.25) is 0 Å². The van der Waals surface area contributed by atoms with Crippen LogP contribution in [0.4, 0.5) is 4.39 Å². The van der Waals surface area contributed by atoms with Gasteiger partial charge in [0.25, 0.3) is 0 Å². The number of halogens is 1. The number of aromatic nitrogens is 3. The highest BCUT2D eigenvalue weighted by atomic mass is 32.2. The third-order valence-electron chi connectivity index (χ3n) is 2.91. The van der Waals surface area contributed by atoms with E-state index in [0.29, 0.717) is 24.4 Å². The van der Waals surface area contributed by atoms with Crippen molar-refractivity contribution < 1.29 is 14.3 Å². The number of carboxylic acids is 1. The first-order valence-electron chi connectivity index (χ1n) is 6.65. The molecule has 0 aliphatic heterocycles. The van der Waals surface area contributed by atoms with Gasteiger partial charge >= 0.3 is 5.97 Å². The lowest BCUT2D eigenvalue weighted by Gasteiger charge is -2.06. The van der Waals surface area contributed by atoms with Gasteiger partial charge in [0.05, 0.1) is 12.2 Å². The van der Waals surface area contributed by atoms with Crippen LogP contribution >= 0.6 is 11.8 Å². The monoisotopic (exact) mass is 309 g/mol. The molecule has 0 unspecified atom stereocenters. The van der Waals surface area contributed by atoms with E-state index < -0.39 is 5.97 Å². The average molecular weight is 309 g/mol. The minimum Gasteiger partial charge on any atom is -0.476 e. The predicted molar refractivity (Wildman–Crippen MR) is 78.1 cm³/mol. The van der Waals surface area contributed by atoms with Crippen LogP contribution in [0.2, 0.25) is 0 Å². The molecule has 0 radical (unpaired) electrons. The van der Waals surface area contributed by atoms with Crippen molar-refractivity contribution in [2.75, 3.05) is 5.75 Å². The molecule has 0 saturated carbocycles. The molecule has 2 rings (SSSR count). The summed E-state index contributed by atoms with van der Waals surface area (Å²) in [4.78, 5) is 12.0. The minimum atomic E-state index is -1.05. The van der Waals surface area contributed by atoms with Gasteiger partial charge < -0.3 is 5.11 Å². The predicted octanol–water partition coefficient (Wildman–Crippen LogP) is 2.86. The number of aryl methyl sites for hydroxylation is 1. The van der Waals surface area contributed by atoms with E-state index in [0.717, 1.165) is 11.3 Å². The molecule has 0 amide bonds. The van der Waals surface area contributed by atoms with Crippen molar-refractivity contribution in [3.8, 4) is 0 Å². The summed E-state index contributed by atoms with van der Waals surface area (Å²) in [5.41, 5.74) is 0.688. The van der Waals surface area contributed by atoms with Gasteiger partial charge in [0, 0.05) is 10.6 Å². The molecule has 112 valence electrons. The zero-order chi connectivity index (χ0) is 15.2. The second-order valence-corrected chi connectivity index (χ2v) is 5.63. The zero-order valence-electron chi connectivity index (χ0n) is 11.6. The van der Waals surface area contributed by atoms with Crippen molar-refractivity contribution in [2.45, 2.75) is 31.2 Å². The van der Waals surface area contributed by atoms with E-state index in [1.807, 2.05) is 6.92 Å². The molecule has 1 aromatic heterocycles. The average Bonchev–Trinajstić information content (AvgIpc) is 2.85. The number of carboxylic acid groups (broad SMARTS) is 1. The second-order valence-electron chi connectivity index (χ2n) is 4.47. The first-order chi connectivity index (χ1) is 10.1. The molecule has 0 aliphatic carbocycles. The fraction of sp³-hybridized carbons (Fsp3) is 0.357. The second kappa shape index (κ2) is 7.21. The Kier molecular flexibility index (Phi) is 5.32. The molecule has 1 N–H and O–H groups in total. The molecular formula is C14H16FN3O2S. The van der Waals surface area contributed by atoms with Gasteiger partial charge in [-0.1, -0.05) is 18.6 Å². The van der Waals surface area contributed by atoms with Crippen LogP contribution in [0.5, 0.6) is 0 Å². The highest BCUT2D eigenvalue weighted by Gasteiger charge is 2.17. The number of rotatable bonds is 7. The highest BCUT2D eigenvalue weighted by Crippen LogP contribution is 2.19. The van der Waals surface area contributed by atoms with Gasteiger partial charge in [-0.25, -0.2) is 13.9 Å². The molecule has 1 aromatic carbocycles. The fourth-order valence-corrected chi connectivity index (χ4v) is 2.77. The van der Waals surface area contributed by atoms with Crippen molar-refractivity contribution >= 4 is 17.7 Å². The SMILES string of the molecule is CCCc1c(C(=O)O)nnn1CCSc1ccc(F)cc1. The third kappa shape index (κ3) is 4.04. The normalized spacial score (nSPS) is 10.8. The summed E-state index contributed by atoms with van der Waals surface area (Å²) in [5.74, 6) is -0.590. The van der Waals surface area contributed by atoms with Crippen molar-refractivity contribution in [1.82, 2.24) is 15.0 Å². The summed E-state index contributed by atoms with van der Waals surface area (Å²) < 4.78 is 14.4. The molecule has 0 atom stereocenters. The Balaban J connectivity index is 1.99. The smallest absolute Gasteiger partial charge is 0.358 e. The van der Waals surface area contributed by atoms with E-state index in [1.165, 1.54) is 12.1 Å². The van der Waals surface area contributed by atoms with Crippen LogP contribution in [0, 0.1) is 5.82 Å². The standard InChI is InChI=1S/C14H16FN3O2S/c1-2-3-12-13(14(19)20)16-17-18(12)8-9-21-11-6-4-10(15)5-7-11/h4-7H,2-3,8-9H2,1H3,(H,19,20). The maximum Gasteiger partial charge on any atom is 0.358 e. The molecular weight excluding hydrogens is 293 g/mol. The maximum absolute atomic E-state index is 12.8. The number of hydrogen-bond donors (Lipinski definition) is 1. The first-order valence-corrected chi connectivity index (χ1v) is 7.64. The molecule has 7 heteroatoms. The molecule has 0 fully saturated rings. The van der Waals surface area contributed by atoms with Crippen LogP contribution in [0.25, 0.3) is 0 Å². The number of nitrogens with zero attached hydrogens (tertiary/aromatic N) is 3.